The van der Waals surface area contributed by atoms with E-state index in [1.54, 1.807) is 12.1 Å². The number of epoxide rings is 1. The highest BCUT2D eigenvalue weighted by atomic mass is 35.5. The van der Waals surface area contributed by atoms with Crippen molar-refractivity contribution in [2.75, 3.05) is 13.2 Å². The molecule has 2 rings (SSSR count). The summed E-state index contributed by atoms with van der Waals surface area (Å²) >= 11 is 11.9. The first kappa shape index (κ1) is 11.2. The molecule has 1 aliphatic heterocycles. The Labute approximate surface area is 98.8 Å². The van der Waals surface area contributed by atoms with Gasteiger partial charge in [-0.1, -0.05) is 36.2 Å². The molecular formula is C11H12Cl2O2. The Hall–Kier alpha value is -0.280. The summed E-state index contributed by atoms with van der Waals surface area (Å²) in [6.45, 7) is 2.63. The molecule has 4 heteroatoms. The Balaban J connectivity index is 2.37. The van der Waals surface area contributed by atoms with Gasteiger partial charge in [0.2, 0.25) is 0 Å². The second kappa shape index (κ2) is 3.95. The van der Waals surface area contributed by atoms with Crippen LogP contribution >= 0.6 is 23.2 Å². The van der Waals surface area contributed by atoms with Crippen molar-refractivity contribution in [2.45, 2.75) is 12.5 Å². The molecule has 2 nitrogen and oxygen atoms in total. The summed E-state index contributed by atoms with van der Waals surface area (Å²) in [4.78, 5) is 0. The quantitative estimate of drug-likeness (QED) is 0.833. The fourth-order valence-electron chi connectivity index (χ4n) is 1.76. The number of benzene rings is 1. The minimum Gasteiger partial charge on any atom is -0.396 e. The van der Waals surface area contributed by atoms with E-state index < -0.39 is 5.60 Å². The van der Waals surface area contributed by atoms with E-state index in [4.69, 9.17) is 33.0 Å². The first-order chi connectivity index (χ1) is 7.10. The summed E-state index contributed by atoms with van der Waals surface area (Å²) in [7, 11) is 0. The van der Waals surface area contributed by atoms with Crippen molar-refractivity contribution in [1.29, 1.82) is 0 Å². The zero-order valence-electron chi connectivity index (χ0n) is 8.34. The van der Waals surface area contributed by atoms with Gasteiger partial charge in [0.1, 0.15) is 5.60 Å². The van der Waals surface area contributed by atoms with Crippen molar-refractivity contribution in [3.05, 3.63) is 33.8 Å². The monoisotopic (exact) mass is 246 g/mol. The van der Waals surface area contributed by atoms with Crippen molar-refractivity contribution in [2.24, 2.45) is 5.92 Å². The van der Waals surface area contributed by atoms with Gasteiger partial charge in [0, 0.05) is 28.1 Å². The van der Waals surface area contributed by atoms with Gasteiger partial charge in [-0.15, -0.1) is 0 Å². The van der Waals surface area contributed by atoms with Crippen molar-refractivity contribution >= 4 is 23.2 Å². The summed E-state index contributed by atoms with van der Waals surface area (Å²) in [5, 5.41) is 10.4. The van der Waals surface area contributed by atoms with Crippen molar-refractivity contribution in [1.82, 2.24) is 0 Å². The zero-order valence-corrected chi connectivity index (χ0v) is 9.85. The molecule has 0 aliphatic carbocycles. The van der Waals surface area contributed by atoms with E-state index in [1.807, 2.05) is 13.0 Å². The lowest BCUT2D eigenvalue weighted by atomic mass is 9.88. The number of ether oxygens (including phenoxy) is 1. The maximum absolute atomic E-state index is 9.17. The lowest BCUT2D eigenvalue weighted by Crippen LogP contribution is -2.23. The average molecular weight is 247 g/mol. The fourth-order valence-corrected chi connectivity index (χ4v) is 2.33. The van der Waals surface area contributed by atoms with E-state index in [1.165, 1.54) is 0 Å². The number of hydrogen-bond acceptors (Lipinski definition) is 2. The van der Waals surface area contributed by atoms with Gasteiger partial charge >= 0.3 is 0 Å². The van der Waals surface area contributed by atoms with E-state index in [0.29, 0.717) is 16.7 Å². The average Bonchev–Trinajstić information content (AvgIpc) is 2.97. The molecule has 0 aromatic heterocycles. The van der Waals surface area contributed by atoms with Crippen LogP contribution in [-0.4, -0.2) is 18.3 Å². The maximum atomic E-state index is 9.17. The van der Waals surface area contributed by atoms with Crippen LogP contribution in [0, 0.1) is 5.92 Å². The Morgan fingerprint density at radius 1 is 1.53 bits per heavy atom. The standard InChI is InChI=1S/C11H12Cl2O2/c1-7(5-14)11(6-15-11)9-3-2-8(12)4-10(9)13/h2-4,7,14H,5-6H2,1H3/t7-,11?/m1/s1. The first-order valence-corrected chi connectivity index (χ1v) is 5.56. The van der Waals surface area contributed by atoms with Gasteiger partial charge in [0.05, 0.1) is 6.61 Å². The normalized spacial score (nSPS) is 26.4. The summed E-state index contributed by atoms with van der Waals surface area (Å²) < 4.78 is 5.47. The third kappa shape index (κ3) is 1.87. The van der Waals surface area contributed by atoms with Gasteiger partial charge in [-0.3, -0.25) is 0 Å². The number of aliphatic hydroxyl groups is 1. The summed E-state index contributed by atoms with van der Waals surface area (Å²) in [6.07, 6.45) is 0. The lowest BCUT2D eigenvalue weighted by Gasteiger charge is -2.19. The van der Waals surface area contributed by atoms with E-state index in [9.17, 15) is 0 Å². The third-order valence-electron chi connectivity index (χ3n) is 2.91. The second-order valence-corrected chi connectivity index (χ2v) is 4.73. The second-order valence-electron chi connectivity index (χ2n) is 3.89. The molecule has 1 aliphatic rings. The summed E-state index contributed by atoms with van der Waals surface area (Å²) in [5.41, 5.74) is 0.506. The molecule has 0 amide bonds. The Morgan fingerprint density at radius 3 is 2.67 bits per heavy atom. The van der Waals surface area contributed by atoms with Crippen LogP contribution in [0.5, 0.6) is 0 Å². The smallest absolute Gasteiger partial charge is 0.123 e. The van der Waals surface area contributed by atoms with Crippen LogP contribution < -0.4 is 0 Å². The SMILES string of the molecule is C[C@H](CO)C1(c2ccc(Cl)cc2Cl)CO1. The number of rotatable bonds is 3. The van der Waals surface area contributed by atoms with Crippen molar-refractivity contribution < 1.29 is 9.84 Å². The molecule has 2 atom stereocenters. The Morgan fingerprint density at radius 2 is 2.20 bits per heavy atom. The van der Waals surface area contributed by atoms with Crippen LogP contribution in [0.3, 0.4) is 0 Å². The lowest BCUT2D eigenvalue weighted by molar-refractivity contribution is 0.147. The van der Waals surface area contributed by atoms with Crippen LogP contribution in [0.2, 0.25) is 10.0 Å². The van der Waals surface area contributed by atoms with E-state index in [0.717, 1.165) is 5.56 Å². The third-order valence-corrected chi connectivity index (χ3v) is 3.46. The highest BCUT2D eigenvalue weighted by molar-refractivity contribution is 6.35. The molecule has 82 valence electrons. The van der Waals surface area contributed by atoms with Gasteiger partial charge in [-0.05, 0) is 12.1 Å². The fraction of sp³-hybridized carbons (Fsp3) is 0.455. The Kier molecular flexibility index (Phi) is 2.95. The van der Waals surface area contributed by atoms with Crippen molar-refractivity contribution in [3.63, 3.8) is 0 Å². The Bertz CT molecular complexity index is 375. The van der Waals surface area contributed by atoms with Gasteiger partial charge in [0.25, 0.3) is 0 Å². The number of hydrogen-bond donors (Lipinski definition) is 1. The maximum Gasteiger partial charge on any atom is 0.123 e. The minimum absolute atomic E-state index is 0.0381. The summed E-state index contributed by atoms with van der Waals surface area (Å²) in [6, 6.07) is 5.35. The molecule has 0 radical (unpaired) electrons. The molecule has 1 aromatic carbocycles. The van der Waals surface area contributed by atoms with E-state index >= 15 is 0 Å². The van der Waals surface area contributed by atoms with E-state index in [-0.39, 0.29) is 12.5 Å². The predicted molar refractivity (Wildman–Crippen MR) is 60.3 cm³/mol. The van der Waals surface area contributed by atoms with Gasteiger partial charge in [0.15, 0.2) is 0 Å². The first-order valence-electron chi connectivity index (χ1n) is 4.80. The minimum atomic E-state index is -0.406. The molecule has 15 heavy (non-hydrogen) atoms. The van der Waals surface area contributed by atoms with Crippen molar-refractivity contribution in [3.8, 4) is 0 Å². The molecule has 1 saturated heterocycles. The molecule has 0 bridgehead atoms. The van der Waals surface area contributed by atoms with Crippen LogP contribution in [0.25, 0.3) is 0 Å². The number of aliphatic hydroxyl groups excluding tert-OH is 1. The molecule has 1 unspecified atom stereocenters. The van der Waals surface area contributed by atoms with Crippen LogP contribution in [0.1, 0.15) is 12.5 Å². The molecular weight excluding hydrogens is 235 g/mol. The van der Waals surface area contributed by atoms with Crippen LogP contribution in [0.4, 0.5) is 0 Å². The highest BCUT2D eigenvalue weighted by Crippen LogP contribution is 2.48. The molecule has 1 N–H and O–H groups in total. The van der Waals surface area contributed by atoms with Gasteiger partial charge < -0.3 is 9.84 Å². The largest absolute Gasteiger partial charge is 0.396 e. The van der Waals surface area contributed by atoms with Crippen LogP contribution in [-0.2, 0) is 10.3 Å². The highest BCUT2D eigenvalue weighted by Gasteiger charge is 2.51. The molecule has 0 saturated carbocycles. The van der Waals surface area contributed by atoms with Gasteiger partial charge in [-0.2, -0.15) is 0 Å². The van der Waals surface area contributed by atoms with E-state index in [2.05, 4.69) is 0 Å². The zero-order chi connectivity index (χ0) is 11.1. The molecule has 1 fully saturated rings. The predicted octanol–water partition coefficient (Wildman–Crippen LogP) is 2.85. The number of halogens is 2. The van der Waals surface area contributed by atoms with Gasteiger partial charge in [-0.25, -0.2) is 0 Å². The topological polar surface area (TPSA) is 32.8 Å². The summed E-state index contributed by atoms with van der Waals surface area (Å²) in [5.74, 6) is 0.0381. The molecule has 1 aromatic rings. The molecule has 0 spiro atoms. The molecule has 1 heterocycles. The van der Waals surface area contributed by atoms with Crippen LogP contribution in [0.15, 0.2) is 18.2 Å².